The zero-order valence-electron chi connectivity index (χ0n) is 9.08. The second-order valence-electron chi connectivity index (χ2n) is 3.30. The molecule has 1 aromatic rings. The lowest BCUT2D eigenvalue weighted by Gasteiger charge is -2.07. The van der Waals surface area contributed by atoms with Gasteiger partial charge in [-0.3, -0.25) is 4.98 Å². The third-order valence-electron chi connectivity index (χ3n) is 2.02. The fourth-order valence-corrected chi connectivity index (χ4v) is 1.43. The van der Waals surface area contributed by atoms with E-state index in [1.54, 1.807) is 6.08 Å². The third kappa shape index (κ3) is 2.90. The summed E-state index contributed by atoms with van der Waals surface area (Å²) in [5.41, 5.74) is 3.17. The Hall–Kier alpha value is -1.66. The molecule has 1 rings (SSSR count). The Balaban J connectivity index is 2.94. The van der Waals surface area contributed by atoms with Crippen LogP contribution in [0.3, 0.4) is 0 Å². The van der Waals surface area contributed by atoms with Crippen molar-refractivity contribution in [2.45, 2.75) is 20.5 Å². The highest BCUT2D eigenvalue weighted by molar-refractivity contribution is 5.41. The van der Waals surface area contributed by atoms with Crippen LogP contribution in [0.1, 0.15) is 22.5 Å². The number of nitrogens with zero attached hydrogens (tertiary/aromatic N) is 2. The van der Waals surface area contributed by atoms with E-state index in [2.05, 4.69) is 17.6 Å². The molecule has 0 amide bonds. The number of aromatic nitrogens is 1. The van der Waals surface area contributed by atoms with Gasteiger partial charge in [-0.25, -0.2) is 0 Å². The molecular formula is C12H14N2O. The van der Waals surface area contributed by atoms with E-state index in [-0.39, 0.29) is 0 Å². The van der Waals surface area contributed by atoms with Crippen LogP contribution < -0.4 is 0 Å². The highest BCUT2D eigenvalue weighted by Crippen LogP contribution is 2.14. The Morgan fingerprint density at radius 3 is 2.93 bits per heavy atom. The number of pyridine rings is 1. The minimum absolute atomic E-state index is 0.430. The van der Waals surface area contributed by atoms with Gasteiger partial charge in [0.05, 0.1) is 24.5 Å². The topological polar surface area (TPSA) is 45.9 Å². The van der Waals surface area contributed by atoms with Gasteiger partial charge in [-0.05, 0) is 25.5 Å². The number of ether oxygens (including phenoxy) is 1. The van der Waals surface area contributed by atoms with Gasteiger partial charge >= 0.3 is 0 Å². The lowest BCUT2D eigenvalue weighted by atomic mass is 10.1. The quantitative estimate of drug-likeness (QED) is 0.555. The Kier molecular flexibility index (Phi) is 4.02. The summed E-state index contributed by atoms with van der Waals surface area (Å²) in [5, 5.41) is 8.98. The number of aryl methyl sites for hydroxylation is 2. The van der Waals surface area contributed by atoms with Crippen LogP contribution in [-0.4, -0.2) is 11.6 Å². The molecule has 78 valence electrons. The first-order chi connectivity index (χ1) is 7.19. The Bertz CT molecular complexity index is 405. The van der Waals surface area contributed by atoms with E-state index in [9.17, 15) is 0 Å². The van der Waals surface area contributed by atoms with E-state index in [4.69, 9.17) is 10.00 Å². The Morgan fingerprint density at radius 1 is 1.60 bits per heavy atom. The van der Waals surface area contributed by atoms with E-state index < -0.39 is 0 Å². The van der Waals surface area contributed by atoms with Crippen LogP contribution in [0.2, 0.25) is 0 Å². The Labute approximate surface area is 90.0 Å². The molecule has 0 aliphatic carbocycles. The normalized spacial score (nSPS) is 9.67. The third-order valence-corrected chi connectivity index (χ3v) is 2.02. The van der Waals surface area contributed by atoms with Crippen molar-refractivity contribution in [3.05, 3.63) is 41.2 Å². The van der Waals surface area contributed by atoms with Crippen LogP contribution in [0.5, 0.6) is 0 Å². The lowest BCUT2D eigenvalue weighted by Crippen LogP contribution is -2.01. The molecule has 3 nitrogen and oxygen atoms in total. The second-order valence-corrected chi connectivity index (χ2v) is 3.30. The molecule has 1 heterocycles. The first kappa shape index (κ1) is 11.4. The van der Waals surface area contributed by atoms with E-state index >= 15 is 0 Å². The first-order valence-electron chi connectivity index (χ1n) is 4.75. The summed E-state index contributed by atoms with van der Waals surface area (Å²) < 4.78 is 5.32. The van der Waals surface area contributed by atoms with Gasteiger partial charge in [0.2, 0.25) is 0 Å². The standard InChI is InChI=1S/C12H14N2O/c1-4-5-15-8-11-6-9(2)14-10(3)12(11)7-13/h4,6H,1,5,8H2,2-3H3. The highest BCUT2D eigenvalue weighted by atomic mass is 16.5. The first-order valence-corrected chi connectivity index (χ1v) is 4.75. The molecule has 0 aliphatic rings. The molecule has 0 spiro atoms. The van der Waals surface area contributed by atoms with Crippen LogP contribution in [0.4, 0.5) is 0 Å². The van der Waals surface area contributed by atoms with Crippen molar-refractivity contribution in [3.8, 4) is 6.07 Å². The molecule has 0 aliphatic heterocycles. The SMILES string of the molecule is C=CCOCc1cc(C)nc(C)c1C#N. The second kappa shape index (κ2) is 5.28. The molecule has 0 saturated carbocycles. The Morgan fingerprint density at radius 2 is 2.33 bits per heavy atom. The van der Waals surface area contributed by atoms with Crippen LogP contribution >= 0.6 is 0 Å². The molecule has 0 saturated heterocycles. The van der Waals surface area contributed by atoms with Gasteiger partial charge in [0.15, 0.2) is 0 Å². The fraction of sp³-hybridized carbons (Fsp3) is 0.333. The molecule has 0 aromatic carbocycles. The van der Waals surface area contributed by atoms with Crippen molar-refractivity contribution in [1.82, 2.24) is 4.98 Å². The summed E-state index contributed by atoms with van der Waals surface area (Å²) in [5.74, 6) is 0. The van der Waals surface area contributed by atoms with E-state index in [0.29, 0.717) is 18.8 Å². The summed E-state index contributed by atoms with van der Waals surface area (Å²) in [7, 11) is 0. The number of hydrogen-bond acceptors (Lipinski definition) is 3. The van der Waals surface area contributed by atoms with Crippen molar-refractivity contribution in [1.29, 1.82) is 5.26 Å². The molecule has 1 aromatic heterocycles. The van der Waals surface area contributed by atoms with Gasteiger partial charge in [-0.2, -0.15) is 5.26 Å². The maximum absolute atomic E-state index is 8.98. The minimum Gasteiger partial charge on any atom is -0.373 e. The van der Waals surface area contributed by atoms with Crippen LogP contribution in [0.15, 0.2) is 18.7 Å². The van der Waals surface area contributed by atoms with Crippen molar-refractivity contribution in [2.24, 2.45) is 0 Å². The summed E-state index contributed by atoms with van der Waals surface area (Å²) in [6.45, 7) is 8.23. The smallest absolute Gasteiger partial charge is 0.101 e. The van der Waals surface area contributed by atoms with E-state index in [1.807, 2.05) is 19.9 Å². The molecule has 0 bridgehead atoms. The molecule has 15 heavy (non-hydrogen) atoms. The van der Waals surface area contributed by atoms with Gasteiger partial charge in [0.25, 0.3) is 0 Å². The summed E-state index contributed by atoms with van der Waals surface area (Å²) in [6.07, 6.45) is 1.69. The van der Waals surface area contributed by atoms with Gasteiger partial charge in [-0.15, -0.1) is 6.58 Å². The van der Waals surface area contributed by atoms with Gasteiger partial charge in [-0.1, -0.05) is 6.08 Å². The molecule has 0 N–H and O–H groups in total. The molecule has 0 atom stereocenters. The van der Waals surface area contributed by atoms with Crippen LogP contribution in [0.25, 0.3) is 0 Å². The highest BCUT2D eigenvalue weighted by Gasteiger charge is 2.07. The number of hydrogen-bond donors (Lipinski definition) is 0. The number of nitriles is 1. The summed E-state index contributed by atoms with van der Waals surface area (Å²) >= 11 is 0. The van der Waals surface area contributed by atoms with Crippen molar-refractivity contribution in [3.63, 3.8) is 0 Å². The predicted octanol–water partition coefficient (Wildman–Crippen LogP) is 2.27. The molecule has 0 fully saturated rings. The molecule has 3 heteroatoms. The average molecular weight is 202 g/mol. The maximum atomic E-state index is 8.98. The molecule has 0 unspecified atom stereocenters. The van der Waals surface area contributed by atoms with Gasteiger partial charge in [0.1, 0.15) is 6.07 Å². The monoisotopic (exact) mass is 202 g/mol. The van der Waals surface area contributed by atoms with E-state index in [1.165, 1.54) is 0 Å². The van der Waals surface area contributed by atoms with Crippen LogP contribution in [-0.2, 0) is 11.3 Å². The number of rotatable bonds is 4. The maximum Gasteiger partial charge on any atom is 0.101 e. The molecular weight excluding hydrogens is 188 g/mol. The zero-order chi connectivity index (χ0) is 11.3. The van der Waals surface area contributed by atoms with Crippen molar-refractivity contribution in [2.75, 3.05) is 6.61 Å². The van der Waals surface area contributed by atoms with Crippen molar-refractivity contribution < 1.29 is 4.74 Å². The molecule has 0 radical (unpaired) electrons. The van der Waals surface area contributed by atoms with Crippen LogP contribution in [0, 0.1) is 25.2 Å². The predicted molar refractivity (Wildman–Crippen MR) is 58.3 cm³/mol. The largest absolute Gasteiger partial charge is 0.373 e. The van der Waals surface area contributed by atoms with Gasteiger partial charge < -0.3 is 4.74 Å². The minimum atomic E-state index is 0.430. The van der Waals surface area contributed by atoms with Gasteiger partial charge in [0, 0.05) is 5.69 Å². The summed E-state index contributed by atoms with van der Waals surface area (Å²) in [6, 6.07) is 4.03. The zero-order valence-corrected chi connectivity index (χ0v) is 9.08. The summed E-state index contributed by atoms with van der Waals surface area (Å²) in [4.78, 5) is 4.24. The average Bonchev–Trinajstić information content (AvgIpc) is 2.17. The van der Waals surface area contributed by atoms with Crippen molar-refractivity contribution >= 4 is 0 Å². The van der Waals surface area contributed by atoms with E-state index in [0.717, 1.165) is 17.0 Å². The lowest BCUT2D eigenvalue weighted by molar-refractivity contribution is 0.148. The fourth-order valence-electron chi connectivity index (χ4n) is 1.43.